The van der Waals surface area contributed by atoms with E-state index in [1.807, 2.05) is 6.07 Å². The molecule has 0 saturated carbocycles. The molecule has 3 nitrogen and oxygen atoms in total. The zero-order chi connectivity index (χ0) is 36.3. The summed E-state index contributed by atoms with van der Waals surface area (Å²) in [5.74, 6) is 0.705. The number of hydrogen-bond acceptors (Lipinski definition) is 2. The van der Waals surface area contributed by atoms with Crippen LogP contribution in [0.25, 0.3) is 105 Å². The van der Waals surface area contributed by atoms with Crippen LogP contribution in [0.3, 0.4) is 0 Å². The molecule has 0 radical (unpaired) electrons. The summed E-state index contributed by atoms with van der Waals surface area (Å²) >= 11 is 0. The van der Waals surface area contributed by atoms with E-state index in [9.17, 15) is 0 Å². The highest BCUT2D eigenvalue weighted by atomic mass is 15.0. The fraction of sp³-hybridized carbons (Fsp3) is 0. The Labute approximate surface area is 318 Å². The molecule has 256 valence electrons. The lowest BCUT2D eigenvalue weighted by atomic mass is 9.91. The van der Waals surface area contributed by atoms with Crippen LogP contribution in [-0.4, -0.2) is 14.5 Å². The van der Waals surface area contributed by atoms with Crippen LogP contribution in [0, 0.1) is 0 Å². The largest absolute Gasteiger partial charge is 0.309 e. The lowest BCUT2D eigenvalue weighted by Gasteiger charge is -2.15. The van der Waals surface area contributed by atoms with Crippen LogP contribution in [-0.2, 0) is 0 Å². The summed E-state index contributed by atoms with van der Waals surface area (Å²) in [6.07, 6.45) is 0. The standard InChI is InChI=1S/C52H33N3/c1-3-15-37(16-4-1)52-53-47(33-48(54-52)50-41-21-10-8-17-38(41)32-46-40-20-9-7-14-34(40)30-31-44(46)50)36-28-26-35(27-29-36)42-23-13-24-45-43-22-11-12-25-49(43)55(51(42)45)39-18-5-2-6-19-39/h1-33H. The van der Waals surface area contributed by atoms with Gasteiger partial charge in [0, 0.05) is 38.7 Å². The zero-order valence-corrected chi connectivity index (χ0v) is 29.9. The molecule has 3 heteroatoms. The van der Waals surface area contributed by atoms with Gasteiger partial charge < -0.3 is 4.57 Å². The summed E-state index contributed by atoms with van der Waals surface area (Å²) in [4.78, 5) is 10.6. The third-order valence-corrected chi connectivity index (χ3v) is 11.0. The third kappa shape index (κ3) is 5.13. The first-order valence-corrected chi connectivity index (χ1v) is 18.7. The number of rotatable bonds is 5. The Morgan fingerprint density at radius 1 is 0.345 bits per heavy atom. The van der Waals surface area contributed by atoms with Crippen LogP contribution in [0.4, 0.5) is 0 Å². The van der Waals surface area contributed by atoms with E-state index in [2.05, 4.69) is 199 Å². The molecule has 0 aliphatic rings. The molecule has 0 aliphatic heterocycles. The van der Waals surface area contributed by atoms with Gasteiger partial charge in [-0.25, -0.2) is 9.97 Å². The predicted octanol–water partition coefficient (Wildman–Crippen LogP) is 13.7. The molecule has 0 saturated heterocycles. The fourth-order valence-corrected chi connectivity index (χ4v) is 8.45. The third-order valence-electron chi connectivity index (χ3n) is 11.0. The van der Waals surface area contributed by atoms with Crippen LogP contribution in [0.15, 0.2) is 200 Å². The van der Waals surface area contributed by atoms with Gasteiger partial charge in [-0.05, 0) is 68.2 Å². The maximum absolute atomic E-state index is 5.32. The molecule has 0 spiro atoms. The molecule has 0 N–H and O–H groups in total. The van der Waals surface area contributed by atoms with Crippen LogP contribution in [0.1, 0.15) is 0 Å². The Hall–Kier alpha value is -7.36. The van der Waals surface area contributed by atoms with Crippen molar-refractivity contribution in [2.75, 3.05) is 0 Å². The molecule has 11 aromatic rings. The second kappa shape index (κ2) is 12.6. The van der Waals surface area contributed by atoms with Crippen molar-refractivity contribution in [3.63, 3.8) is 0 Å². The van der Waals surface area contributed by atoms with Crippen LogP contribution in [0.2, 0.25) is 0 Å². The van der Waals surface area contributed by atoms with E-state index in [-0.39, 0.29) is 0 Å². The van der Waals surface area contributed by atoms with E-state index < -0.39 is 0 Å². The Kier molecular flexibility index (Phi) is 7.17. The number of benzene rings is 9. The lowest BCUT2D eigenvalue weighted by Crippen LogP contribution is -1.97. The average molecular weight is 700 g/mol. The topological polar surface area (TPSA) is 30.7 Å². The summed E-state index contributed by atoms with van der Waals surface area (Å²) in [7, 11) is 0. The molecule has 2 aromatic heterocycles. The maximum atomic E-state index is 5.32. The predicted molar refractivity (Wildman–Crippen MR) is 231 cm³/mol. The van der Waals surface area contributed by atoms with Gasteiger partial charge in [0.25, 0.3) is 0 Å². The second-order valence-corrected chi connectivity index (χ2v) is 14.1. The smallest absolute Gasteiger partial charge is 0.160 e. The van der Waals surface area contributed by atoms with Gasteiger partial charge in [0.2, 0.25) is 0 Å². The number of hydrogen-bond donors (Lipinski definition) is 0. The average Bonchev–Trinajstić information content (AvgIpc) is 3.61. The summed E-state index contributed by atoms with van der Waals surface area (Å²) < 4.78 is 2.40. The molecule has 0 unspecified atom stereocenters. The number of para-hydroxylation sites is 3. The van der Waals surface area contributed by atoms with Crippen molar-refractivity contribution < 1.29 is 0 Å². The van der Waals surface area contributed by atoms with Gasteiger partial charge in [-0.3, -0.25) is 0 Å². The van der Waals surface area contributed by atoms with Gasteiger partial charge in [-0.2, -0.15) is 0 Å². The summed E-state index contributed by atoms with van der Waals surface area (Å²) in [5.41, 5.74) is 10.8. The van der Waals surface area contributed by atoms with Crippen molar-refractivity contribution in [2.24, 2.45) is 0 Å². The number of aromatic nitrogens is 3. The lowest BCUT2D eigenvalue weighted by molar-refractivity contribution is 1.18. The highest BCUT2D eigenvalue weighted by Gasteiger charge is 2.19. The Morgan fingerprint density at radius 2 is 0.982 bits per heavy atom. The van der Waals surface area contributed by atoms with E-state index in [4.69, 9.17) is 9.97 Å². The van der Waals surface area contributed by atoms with Crippen LogP contribution >= 0.6 is 0 Å². The SMILES string of the molecule is c1ccc(-c2nc(-c3ccc(-c4cccc5c6ccccc6n(-c6ccccc6)c45)cc3)cc(-c3c4ccccc4cc4c3ccc3ccccc34)n2)cc1. The molecular formula is C52H33N3. The van der Waals surface area contributed by atoms with Crippen molar-refractivity contribution in [3.8, 4) is 50.7 Å². The van der Waals surface area contributed by atoms with E-state index in [0.29, 0.717) is 5.82 Å². The first kappa shape index (κ1) is 31.2. The van der Waals surface area contributed by atoms with Crippen molar-refractivity contribution in [1.82, 2.24) is 14.5 Å². The minimum absolute atomic E-state index is 0.705. The van der Waals surface area contributed by atoms with E-state index in [1.165, 1.54) is 59.7 Å². The monoisotopic (exact) mass is 699 g/mol. The van der Waals surface area contributed by atoms with Crippen LogP contribution < -0.4 is 0 Å². The van der Waals surface area contributed by atoms with Gasteiger partial charge >= 0.3 is 0 Å². The molecule has 0 amide bonds. The Morgan fingerprint density at radius 3 is 1.80 bits per heavy atom. The van der Waals surface area contributed by atoms with Crippen molar-refractivity contribution >= 4 is 54.1 Å². The number of fused-ring (bicyclic) bond motifs is 7. The first-order valence-electron chi connectivity index (χ1n) is 18.7. The van der Waals surface area contributed by atoms with Gasteiger partial charge in [-0.15, -0.1) is 0 Å². The highest BCUT2D eigenvalue weighted by Crippen LogP contribution is 2.41. The molecule has 11 rings (SSSR count). The van der Waals surface area contributed by atoms with Gasteiger partial charge in [-0.1, -0.05) is 170 Å². The fourth-order valence-electron chi connectivity index (χ4n) is 8.45. The molecule has 0 fully saturated rings. The van der Waals surface area contributed by atoms with Gasteiger partial charge in [0.1, 0.15) is 0 Å². The van der Waals surface area contributed by atoms with Gasteiger partial charge in [0.15, 0.2) is 5.82 Å². The molecule has 0 bridgehead atoms. The van der Waals surface area contributed by atoms with E-state index in [0.717, 1.165) is 39.3 Å². The zero-order valence-electron chi connectivity index (χ0n) is 29.9. The normalized spacial score (nSPS) is 11.6. The Balaban J connectivity index is 1.11. The molecular weight excluding hydrogens is 667 g/mol. The molecule has 0 aliphatic carbocycles. The van der Waals surface area contributed by atoms with Crippen molar-refractivity contribution in [2.45, 2.75) is 0 Å². The van der Waals surface area contributed by atoms with E-state index in [1.54, 1.807) is 0 Å². The summed E-state index contributed by atoms with van der Waals surface area (Å²) in [6, 6.07) is 71.5. The quantitative estimate of drug-likeness (QED) is 0.132. The van der Waals surface area contributed by atoms with Gasteiger partial charge in [0.05, 0.1) is 22.4 Å². The maximum Gasteiger partial charge on any atom is 0.160 e. The van der Waals surface area contributed by atoms with E-state index >= 15 is 0 Å². The summed E-state index contributed by atoms with van der Waals surface area (Å²) in [5, 5.41) is 9.71. The van der Waals surface area contributed by atoms with Crippen molar-refractivity contribution in [1.29, 1.82) is 0 Å². The first-order chi connectivity index (χ1) is 27.3. The molecule has 55 heavy (non-hydrogen) atoms. The molecule has 9 aromatic carbocycles. The number of nitrogens with zero attached hydrogens (tertiary/aromatic N) is 3. The highest BCUT2D eigenvalue weighted by molar-refractivity contribution is 6.20. The molecule has 2 heterocycles. The van der Waals surface area contributed by atoms with Crippen LogP contribution in [0.5, 0.6) is 0 Å². The van der Waals surface area contributed by atoms with Crippen molar-refractivity contribution in [3.05, 3.63) is 200 Å². The Bertz CT molecular complexity index is 3230. The summed E-state index contributed by atoms with van der Waals surface area (Å²) in [6.45, 7) is 0. The minimum atomic E-state index is 0.705. The molecule has 0 atom stereocenters. The second-order valence-electron chi connectivity index (χ2n) is 14.1. The minimum Gasteiger partial charge on any atom is -0.309 e.